The number of hydrogen-bond donors (Lipinski definition) is 1. The molecule has 1 rings (SSSR count). The Hall–Kier alpha value is -0.650. The summed E-state index contributed by atoms with van der Waals surface area (Å²) in [6.45, 7) is 4.24. The molecular weight excluding hydrogens is 301 g/mol. The highest BCUT2D eigenvalue weighted by Gasteiger charge is 2.16. The van der Waals surface area contributed by atoms with Crippen LogP contribution in [0.3, 0.4) is 0 Å². The highest BCUT2D eigenvalue weighted by atomic mass is 35.5. The molecule has 0 fully saturated rings. The predicted octanol–water partition coefficient (Wildman–Crippen LogP) is 3.34. The minimum absolute atomic E-state index is 0.133. The van der Waals surface area contributed by atoms with Crippen molar-refractivity contribution in [3.05, 3.63) is 34.6 Å². The van der Waals surface area contributed by atoms with Crippen molar-refractivity contribution in [2.24, 2.45) is 0 Å². The van der Waals surface area contributed by atoms with E-state index < -0.39 is 9.84 Å². The highest BCUT2D eigenvalue weighted by Crippen LogP contribution is 2.25. The molecule has 0 radical (unpaired) electrons. The number of rotatable bonds is 8. The normalized spacial score (nSPS) is 13.4. The van der Waals surface area contributed by atoms with Crippen molar-refractivity contribution in [1.82, 2.24) is 5.32 Å². The molecule has 1 N–H and O–H groups in total. The van der Waals surface area contributed by atoms with Crippen LogP contribution in [0.2, 0.25) is 5.02 Å². The van der Waals surface area contributed by atoms with Gasteiger partial charge >= 0.3 is 0 Å². The van der Waals surface area contributed by atoms with E-state index in [0.717, 1.165) is 0 Å². The van der Waals surface area contributed by atoms with Gasteiger partial charge in [-0.1, -0.05) is 25.4 Å². The van der Waals surface area contributed by atoms with Gasteiger partial charge in [-0.25, -0.2) is 12.8 Å². The zero-order valence-electron chi connectivity index (χ0n) is 11.8. The fourth-order valence-corrected chi connectivity index (χ4v) is 3.12. The molecule has 0 saturated heterocycles. The molecule has 1 aromatic rings. The molecule has 0 bridgehead atoms. The van der Waals surface area contributed by atoms with E-state index in [4.69, 9.17) is 11.6 Å². The lowest BCUT2D eigenvalue weighted by molar-refractivity contribution is 0.480. The second-order valence-corrected chi connectivity index (χ2v) is 7.56. The van der Waals surface area contributed by atoms with Crippen LogP contribution in [0, 0.1) is 5.82 Å². The maximum absolute atomic E-state index is 13.9. The lowest BCUT2D eigenvalue weighted by atomic mass is 10.0. The van der Waals surface area contributed by atoms with E-state index in [9.17, 15) is 12.8 Å². The summed E-state index contributed by atoms with van der Waals surface area (Å²) in [6.07, 6.45) is 1.06. The van der Waals surface area contributed by atoms with Gasteiger partial charge in [-0.05, 0) is 37.6 Å². The Kier molecular flexibility index (Phi) is 6.92. The molecule has 20 heavy (non-hydrogen) atoms. The van der Waals surface area contributed by atoms with E-state index in [1.54, 1.807) is 13.0 Å². The number of benzene rings is 1. The molecule has 3 nitrogen and oxygen atoms in total. The van der Waals surface area contributed by atoms with Crippen LogP contribution in [-0.4, -0.2) is 26.5 Å². The third kappa shape index (κ3) is 5.38. The van der Waals surface area contributed by atoms with E-state index in [0.29, 0.717) is 30.0 Å². The van der Waals surface area contributed by atoms with Crippen LogP contribution in [0.5, 0.6) is 0 Å². The summed E-state index contributed by atoms with van der Waals surface area (Å²) in [6, 6.07) is 4.22. The Labute approximate surface area is 125 Å². The molecule has 0 aliphatic carbocycles. The van der Waals surface area contributed by atoms with Crippen molar-refractivity contribution >= 4 is 21.4 Å². The van der Waals surface area contributed by atoms with E-state index >= 15 is 0 Å². The molecule has 6 heteroatoms. The molecule has 0 aliphatic heterocycles. The predicted molar refractivity (Wildman–Crippen MR) is 81.4 cm³/mol. The molecule has 0 heterocycles. The summed E-state index contributed by atoms with van der Waals surface area (Å²) in [5.74, 6) is -0.0449. The van der Waals surface area contributed by atoms with Crippen LogP contribution in [0.1, 0.15) is 38.3 Å². The van der Waals surface area contributed by atoms with Gasteiger partial charge in [0.25, 0.3) is 0 Å². The first-order chi connectivity index (χ1) is 9.39. The van der Waals surface area contributed by atoms with Crippen molar-refractivity contribution in [3.8, 4) is 0 Å². The molecule has 1 aromatic carbocycles. The first-order valence-corrected chi connectivity index (χ1v) is 8.98. The molecular formula is C14H21ClFNO2S. The van der Waals surface area contributed by atoms with Gasteiger partial charge in [-0.2, -0.15) is 0 Å². The molecule has 0 amide bonds. The molecule has 1 unspecified atom stereocenters. The van der Waals surface area contributed by atoms with Gasteiger partial charge in [0.15, 0.2) is 0 Å². The standard InChI is InChI=1S/C14H21ClFNO2S/c1-3-17-14(6-5-9-20(18,19)4-2)12-10-11(15)7-8-13(12)16/h7-8,10,14,17H,3-6,9H2,1-2H3. The summed E-state index contributed by atoms with van der Waals surface area (Å²) >= 11 is 5.90. The summed E-state index contributed by atoms with van der Waals surface area (Å²) in [5.41, 5.74) is 0.494. The topological polar surface area (TPSA) is 46.2 Å². The van der Waals surface area contributed by atoms with Crippen LogP contribution < -0.4 is 5.32 Å². The van der Waals surface area contributed by atoms with Gasteiger partial charge in [0.05, 0.1) is 5.75 Å². The SMILES string of the molecule is CCNC(CCCS(=O)(=O)CC)c1cc(Cl)ccc1F. The Balaban J connectivity index is 2.76. The van der Waals surface area contributed by atoms with Crippen LogP contribution in [0.15, 0.2) is 18.2 Å². The van der Waals surface area contributed by atoms with Crippen molar-refractivity contribution in [2.45, 2.75) is 32.7 Å². The average Bonchev–Trinajstić information content (AvgIpc) is 2.40. The summed E-state index contributed by atoms with van der Waals surface area (Å²) < 4.78 is 36.8. The molecule has 0 aromatic heterocycles. The van der Waals surface area contributed by atoms with Crippen LogP contribution >= 0.6 is 11.6 Å². The fourth-order valence-electron chi connectivity index (χ4n) is 2.05. The third-order valence-electron chi connectivity index (χ3n) is 3.17. The second kappa shape index (κ2) is 7.96. The minimum atomic E-state index is -2.98. The molecule has 0 saturated carbocycles. The quantitative estimate of drug-likeness (QED) is 0.798. The maximum atomic E-state index is 13.9. The Morgan fingerprint density at radius 3 is 2.65 bits per heavy atom. The van der Waals surface area contributed by atoms with Crippen molar-refractivity contribution in [2.75, 3.05) is 18.1 Å². The largest absolute Gasteiger partial charge is 0.310 e. The third-order valence-corrected chi connectivity index (χ3v) is 5.20. The van der Waals surface area contributed by atoms with Crippen LogP contribution in [0.25, 0.3) is 0 Å². The second-order valence-electron chi connectivity index (χ2n) is 4.65. The summed E-state index contributed by atoms with van der Waals surface area (Å²) in [4.78, 5) is 0. The monoisotopic (exact) mass is 321 g/mol. The van der Waals surface area contributed by atoms with Gasteiger partial charge in [-0.3, -0.25) is 0 Å². The fraction of sp³-hybridized carbons (Fsp3) is 0.571. The molecule has 114 valence electrons. The Bertz CT molecular complexity index is 534. The average molecular weight is 322 g/mol. The summed E-state index contributed by atoms with van der Waals surface area (Å²) in [7, 11) is -2.98. The number of nitrogens with one attached hydrogen (secondary N) is 1. The Morgan fingerprint density at radius 1 is 1.35 bits per heavy atom. The highest BCUT2D eigenvalue weighted by molar-refractivity contribution is 7.91. The number of halogens is 2. The van der Waals surface area contributed by atoms with Gasteiger partial charge in [-0.15, -0.1) is 0 Å². The zero-order valence-corrected chi connectivity index (χ0v) is 13.4. The smallest absolute Gasteiger partial charge is 0.150 e. The van der Waals surface area contributed by atoms with Gasteiger partial charge in [0, 0.05) is 22.4 Å². The molecule has 0 aliphatic rings. The minimum Gasteiger partial charge on any atom is -0.310 e. The van der Waals surface area contributed by atoms with Crippen LogP contribution in [-0.2, 0) is 9.84 Å². The first kappa shape index (κ1) is 17.4. The molecule has 1 atom stereocenters. The number of hydrogen-bond acceptors (Lipinski definition) is 3. The van der Waals surface area contributed by atoms with E-state index in [1.165, 1.54) is 12.1 Å². The van der Waals surface area contributed by atoms with Crippen molar-refractivity contribution in [1.29, 1.82) is 0 Å². The van der Waals surface area contributed by atoms with Gasteiger partial charge < -0.3 is 5.32 Å². The summed E-state index contributed by atoms with van der Waals surface area (Å²) in [5, 5.41) is 3.66. The van der Waals surface area contributed by atoms with E-state index in [1.807, 2.05) is 6.92 Å². The van der Waals surface area contributed by atoms with Crippen molar-refractivity contribution in [3.63, 3.8) is 0 Å². The zero-order chi connectivity index (χ0) is 15.2. The number of sulfone groups is 1. The van der Waals surface area contributed by atoms with Gasteiger partial charge in [0.1, 0.15) is 15.7 Å². The van der Waals surface area contributed by atoms with E-state index in [-0.39, 0.29) is 23.4 Å². The lowest BCUT2D eigenvalue weighted by Crippen LogP contribution is -2.23. The van der Waals surface area contributed by atoms with E-state index in [2.05, 4.69) is 5.32 Å². The molecule has 0 spiro atoms. The van der Waals surface area contributed by atoms with Crippen LogP contribution in [0.4, 0.5) is 4.39 Å². The lowest BCUT2D eigenvalue weighted by Gasteiger charge is -2.19. The van der Waals surface area contributed by atoms with Gasteiger partial charge in [0.2, 0.25) is 0 Å². The maximum Gasteiger partial charge on any atom is 0.150 e. The van der Waals surface area contributed by atoms with Crippen molar-refractivity contribution < 1.29 is 12.8 Å². The first-order valence-electron chi connectivity index (χ1n) is 6.78. The Morgan fingerprint density at radius 2 is 2.05 bits per heavy atom.